The molecule has 7 nitrogen and oxygen atoms in total. The Bertz CT molecular complexity index is 1170. The fourth-order valence-electron chi connectivity index (χ4n) is 3.42. The highest BCUT2D eigenvalue weighted by Gasteiger charge is 2.26. The summed E-state index contributed by atoms with van der Waals surface area (Å²) in [6.45, 7) is 2.48. The molecule has 1 N–H and O–H groups in total. The molecule has 0 aliphatic carbocycles. The van der Waals surface area contributed by atoms with Crippen LogP contribution in [0.2, 0.25) is 0 Å². The molecule has 8 heteroatoms. The second-order valence-electron chi connectivity index (χ2n) is 7.01. The highest BCUT2D eigenvalue weighted by molar-refractivity contribution is 7.92. The van der Waals surface area contributed by atoms with Gasteiger partial charge in [-0.25, -0.2) is 8.42 Å². The summed E-state index contributed by atoms with van der Waals surface area (Å²) in [5.74, 6) is -0.0857. The number of nitrogens with one attached hydrogen (secondary N) is 1. The molecule has 0 bridgehead atoms. The monoisotopic (exact) mass is 411 g/mol. The SMILES string of the molecule is CCc1ccc(-c2cc(NC(=O)c3ccc4c(c3)CCN4S(C)(=O)=O)on2)cc1. The van der Waals surface area contributed by atoms with E-state index in [4.69, 9.17) is 4.52 Å². The van der Waals surface area contributed by atoms with Crippen molar-refractivity contribution in [2.45, 2.75) is 19.8 Å². The average molecular weight is 411 g/mol. The first kappa shape index (κ1) is 19.2. The van der Waals surface area contributed by atoms with Gasteiger partial charge in [0.2, 0.25) is 15.9 Å². The smallest absolute Gasteiger partial charge is 0.258 e. The van der Waals surface area contributed by atoms with Gasteiger partial charge in [0.1, 0.15) is 5.69 Å². The highest BCUT2D eigenvalue weighted by Crippen LogP contribution is 2.31. The topological polar surface area (TPSA) is 92.5 Å². The van der Waals surface area contributed by atoms with Crippen molar-refractivity contribution in [3.05, 3.63) is 65.2 Å². The summed E-state index contributed by atoms with van der Waals surface area (Å²) in [6.07, 6.45) is 2.72. The number of hydrogen-bond acceptors (Lipinski definition) is 5. The standard InChI is InChI=1S/C21H21N3O4S/c1-3-14-4-6-15(7-5-14)18-13-20(28-23-18)22-21(25)17-8-9-19-16(12-17)10-11-24(19)29(2,26)27/h4-9,12-13H,3,10-11H2,1-2H3,(H,22,25). The van der Waals surface area contributed by atoms with E-state index in [0.29, 0.717) is 29.9 Å². The molecule has 0 atom stereocenters. The lowest BCUT2D eigenvalue weighted by Gasteiger charge is -2.16. The van der Waals surface area contributed by atoms with Crippen LogP contribution < -0.4 is 9.62 Å². The van der Waals surface area contributed by atoms with Gasteiger partial charge in [-0.05, 0) is 42.2 Å². The fourth-order valence-corrected chi connectivity index (χ4v) is 4.38. The molecule has 29 heavy (non-hydrogen) atoms. The molecule has 1 aliphatic rings. The predicted octanol–water partition coefficient (Wildman–Crippen LogP) is 3.48. The Hall–Kier alpha value is -3.13. The van der Waals surface area contributed by atoms with Gasteiger partial charge in [-0.15, -0.1) is 0 Å². The minimum absolute atomic E-state index is 0.253. The van der Waals surface area contributed by atoms with Crippen molar-refractivity contribution in [2.24, 2.45) is 0 Å². The highest BCUT2D eigenvalue weighted by atomic mass is 32.2. The number of carbonyl (C=O) groups excluding carboxylic acids is 1. The van der Waals surface area contributed by atoms with E-state index < -0.39 is 10.0 Å². The second kappa shape index (κ2) is 7.36. The van der Waals surface area contributed by atoms with Gasteiger partial charge in [-0.2, -0.15) is 0 Å². The Morgan fingerprint density at radius 1 is 1.17 bits per heavy atom. The zero-order valence-electron chi connectivity index (χ0n) is 16.2. The van der Waals surface area contributed by atoms with Crippen LogP contribution in [0, 0.1) is 0 Å². The van der Waals surface area contributed by atoms with Crippen LogP contribution in [0.3, 0.4) is 0 Å². The quantitative estimate of drug-likeness (QED) is 0.694. The van der Waals surface area contributed by atoms with Gasteiger partial charge in [-0.1, -0.05) is 36.3 Å². The van der Waals surface area contributed by atoms with E-state index in [0.717, 1.165) is 17.5 Å². The molecular weight excluding hydrogens is 390 g/mol. The maximum Gasteiger partial charge on any atom is 0.258 e. The van der Waals surface area contributed by atoms with Crippen molar-refractivity contribution < 1.29 is 17.7 Å². The normalized spacial score (nSPS) is 13.4. The van der Waals surface area contributed by atoms with Gasteiger partial charge in [0.05, 0.1) is 11.9 Å². The summed E-state index contributed by atoms with van der Waals surface area (Å²) in [7, 11) is -3.32. The van der Waals surface area contributed by atoms with Gasteiger partial charge < -0.3 is 4.52 Å². The van der Waals surface area contributed by atoms with E-state index in [1.165, 1.54) is 16.1 Å². The van der Waals surface area contributed by atoms with E-state index in [1.54, 1.807) is 24.3 Å². The lowest BCUT2D eigenvalue weighted by molar-refractivity contribution is 0.102. The molecule has 0 spiro atoms. The molecular formula is C21H21N3O4S. The van der Waals surface area contributed by atoms with Crippen molar-refractivity contribution in [3.8, 4) is 11.3 Å². The Morgan fingerprint density at radius 2 is 1.93 bits per heavy atom. The van der Waals surface area contributed by atoms with Gasteiger partial charge in [0.25, 0.3) is 5.91 Å². The molecule has 0 radical (unpaired) electrons. The number of nitrogens with zero attached hydrogens (tertiary/aromatic N) is 2. The third kappa shape index (κ3) is 3.88. The third-order valence-corrected chi connectivity index (χ3v) is 6.18. The van der Waals surface area contributed by atoms with Crippen LogP contribution in [0.1, 0.15) is 28.4 Å². The first-order valence-corrected chi connectivity index (χ1v) is 11.2. The minimum atomic E-state index is -3.32. The van der Waals surface area contributed by atoms with Crippen molar-refractivity contribution in [1.29, 1.82) is 0 Å². The van der Waals surface area contributed by atoms with Gasteiger partial charge in [0.15, 0.2) is 0 Å². The van der Waals surface area contributed by atoms with Crippen molar-refractivity contribution >= 4 is 27.5 Å². The van der Waals surface area contributed by atoms with E-state index >= 15 is 0 Å². The average Bonchev–Trinajstić information content (AvgIpc) is 3.34. The van der Waals surface area contributed by atoms with Gasteiger partial charge in [0, 0.05) is 23.7 Å². The minimum Gasteiger partial charge on any atom is -0.338 e. The lowest BCUT2D eigenvalue weighted by Crippen LogP contribution is -2.27. The van der Waals surface area contributed by atoms with Crippen LogP contribution in [-0.2, 0) is 22.9 Å². The molecule has 2 aromatic carbocycles. The summed E-state index contributed by atoms with van der Waals surface area (Å²) in [5, 5.41) is 6.72. The Morgan fingerprint density at radius 3 is 2.62 bits per heavy atom. The van der Waals surface area contributed by atoms with Crippen molar-refractivity contribution in [3.63, 3.8) is 0 Å². The molecule has 150 valence electrons. The van der Waals surface area contributed by atoms with Crippen LogP contribution in [0.4, 0.5) is 11.6 Å². The van der Waals surface area contributed by atoms with Gasteiger partial charge in [-0.3, -0.25) is 14.4 Å². The molecule has 2 heterocycles. The number of fused-ring (bicyclic) bond motifs is 1. The van der Waals surface area contributed by atoms with E-state index in [1.807, 2.05) is 24.3 Å². The number of anilines is 2. The van der Waals surface area contributed by atoms with Crippen molar-refractivity contribution in [2.75, 3.05) is 22.4 Å². The molecule has 0 saturated carbocycles. The maximum atomic E-state index is 12.6. The number of aromatic nitrogens is 1. The van der Waals surface area contributed by atoms with Crippen LogP contribution in [-0.4, -0.2) is 32.3 Å². The molecule has 4 rings (SSSR count). The van der Waals surface area contributed by atoms with Crippen LogP contribution in [0.25, 0.3) is 11.3 Å². The lowest BCUT2D eigenvalue weighted by atomic mass is 10.1. The van der Waals surface area contributed by atoms with Crippen molar-refractivity contribution in [1.82, 2.24) is 5.16 Å². The molecule has 3 aromatic rings. The first-order valence-electron chi connectivity index (χ1n) is 9.33. The molecule has 1 amide bonds. The number of sulfonamides is 1. The number of rotatable bonds is 5. The van der Waals surface area contributed by atoms with Crippen LogP contribution in [0.15, 0.2) is 53.1 Å². The maximum absolute atomic E-state index is 12.6. The molecule has 1 aromatic heterocycles. The number of carbonyl (C=O) groups is 1. The predicted molar refractivity (Wildman–Crippen MR) is 112 cm³/mol. The fraction of sp³-hybridized carbons (Fsp3) is 0.238. The Kier molecular flexibility index (Phi) is 4.87. The van der Waals surface area contributed by atoms with Gasteiger partial charge >= 0.3 is 0 Å². The third-order valence-electron chi connectivity index (χ3n) is 5.00. The zero-order chi connectivity index (χ0) is 20.6. The number of hydrogen-bond donors (Lipinski definition) is 1. The first-order chi connectivity index (χ1) is 13.8. The number of benzene rings is 2. The summed E-state index contributed by atoms with van der Waals surface area (Å²) < 4.78 is 30.3. The molecule has 0 fully saturated rings. The number of amides is 1. The largest absolute Gasteiger partial charge is 0.338 e. The Balaban J connectivity index is 1.50. The summed E-state index contributed by atoms with van der Waals surface area (Å²) in [5.41, 5.74) is 4.67. The summed E-state index contributed by atoms with van der Waals surface area (Å²) >= 11 is 0. The van der Waals surface area contributed by atoms with Crippen LogP contribution in [0.5, 0.6) is 0 Å². The second-order valence-corrected chi connectivity index (χ2v) is 8.92. The molecule has 0 saturated heterocycles. The van der Waals surface area contributed by atoms with E-state index in [-0.39, 0.29) is 11.8 Å². The van der Waals surface area contributed by atoms with E-state index in [2.05, 4.69) is 17.4 Å². The summed E-state index contributed by atoms with van der Waals surface area (Å²) in [4.78, 5) is 12.6. The van der Waals surface area contributed by atoms with Crippen LogP contribution >= 0.6 is 0 Å². The molecule has 1 aliphatic heterocycles. The summed E-state index contributed by atoms with van der Waals surface area (Å²) in [6, 6.07) is 14.7. The molecule has 0 unspecified atom stereocenters. The number of aryl methyl sites for hydroxylation is 1. The Labute approximate surface area is 169 Å². The van der Waals surface area contributed by atoms with E-state index in [9.17, 15) is 13.2 Å². The zero-order valence-corrected chi connectivity index (χ0v) is 17.0.